The van der Waals surface area contributed by atoms with Crippen LogP contribution in [0.5, 0.6) is 5.75 Å². The maximum atomic E-state index is 12.3. The zero-order valence-electron chi connectivity index (χ0n) is 12.7. The molecule has 0 atom stereocenters. The lowest BCUT2D eigenvalue weighted by Gasteiger charge is -2.11. The largest absolute Gasteiger partial charge is 0.422 e. The molecule has 0 unspecified atom stereocenters. The van der Waals surface area contributed by atoms with Crippen LogP contribution < -0.4 is 9.81 Å². The molecule has 0 saturated heterocycles. The fourth-order valence-corrected chi connectivity index (χ4v) is 3.59. The van der Waals surface area contributed by atoms with Crippen LogP contribution in [0.4, 0.5) is 0 Å². The number of alkyl halides is 1. The van der Waals surface area contributed by atoms with Crippen molar-refractivity contribution in [1.82, 2.24) is 0 Å². The Bertz CT molecular complexity index is 1060. The molecule has 1 aromatic heterocycles. The number of benzene rings is 2. The van der Waals surface area contributed by atoms with Crippen LogP contribution in [0.1, 0.15) is 11.1 Å². The summed E-state index contributed by atoms with van der Waals surface area (Å²) in [5.74, 6) is 0.241. The molecule has 2 aromatic carbocycles. The Morgan fingerprint density at radius 2 is 1.83 bits per heavy atom. The highest BCUT2D eigenvalue weighted by Crippen LogP contribution is 2.30. The molecule has 0 N–H and O–H groups in total. The van der Waals surface area contributed by atoms with Gasteiger partial charge in [-0.3, -0.25) is 0 Å². The zero-order valence-corrected chi connectivity index (χ0v) is 14.2. The van der Waals surface area contributed by atoms with Gasteiger partial charge < -0.3 is 8.60 Å². The van der Waals surface area contributed by atoms with Crippen LogP contribution in [0, 0.1) is 6.92 Å². The van der Waals surface area contributed by atoms with E-state index in [4.69, 9.17) is 20.2 Å². The van der Waals surface area contributed by atoms with Crippen molar-refractivity contribution in [3.05, 3.63) is 70.1 Å². The molecule has 5 nitrogen and oxygen atoms in total. The monoisotopic (exact) mass is 364 g/mol. The molecule has 3 aromatic rings. The molecule has 7 heteroatoms. The predicted molar refractivity (Wildman–Crippen MR) is 91.0 cm³/mol. The Kier molecular flexibility index (Phi) is 4.34. The third kappa shape index (κ3) is 3.02. The fourth-order valence-electron chi connectivity index (χ4n) is 2.36. The van der Waals surface area contributed by atoms with Crippen molar-refractivity contribution in [1.29, 1.82) is 0 Å². The van der Waals surface area contributed by atoms with Crippen LogP contribution in [-0.2, 0) is 16.0 Å². The molecule has 1 heterocycles. The first-order chi connectivity index (χ1) is 11.4. The third-order valence-electron chi connectivity index (χ3n) is 3.57. The molecule has 0 bridgehead atoms. The lowest BCUT2D eigenvalue weighted by molar-refractivity contribution is 0.482. The van der Waals surface area contributed by atoms with E-state index in [1.807, 2.05) is 0 Å². The van der Waals surface area contributed by atoms with E-state index in [1.54, 1.807) is 31.2 Å². The number of halogens is 1. The highest BCUT2D eigenvalue weighted by molar-refractivity contribution is 7.87. The first-order valence-electron chi connectivity index (χ1n) is 7.04. The SMILES string of the molecule is Cc1c(OS(=O)(=O)c2ccccc2)ccc2c(CCl)cc(=O)oc12. The van der Waals surface area contributed by atoms with E-state index in [0.717, 1.165) is 0 Å². The predicted octanol–water partition coefficient (Wildman–Crippen LogP) is 3.61. The van der Waals surface area contributed by atoms with E-state index in [2.05, 4.69) is 0 Å². The van der Waals surface area contributed by atoms with Crippen molar-refractivity contribution >= 4 is 32.7 Å². The standard InChI is InChI=1S/C17H13ClO5S/c1-11-15(23-24(20,21)13-5-3-2-4-6-13)8-7-14-12(10-18)9-16(19)22-17(11)14/h2-9H,10H2,1H3. The van der Waals surface area contributed by atoms with Gasteiger partial charge in [0.25, 0.3) is 0 Å². The molecule has 124 valence electrons. The molecule has 0 aliphatic carbocycles. The molecule has 0 amide bonds. The molecule has 0 spiro atoms. The van der Waals surface area contributed by atoms with Gasteiger partial charge in [0.2, 0.25) is 0 Å². The van der Waals surface area contributed by atoms with Gasteiger partial charge in [-0.2, -0.15) is 8.42 Å². The van der Waals surface area contributed by atoms with Crippen molar-refractivity contribution in [2.24, 2.45) is 0 Å². The minimum Gasteiger partial charge on any atom is -0.422 e. The van der Waals surface area contributed by atoms with Crippen LogP contribution in [0.25, 0.3) is 11.0 Å². The Balaban J connectivity index is 2.12. The van der Waals surface area contributed by atoms with Gasteiger partial charge in [0, 0.05) is 22.9 Å². The summed E-state index contributed by atoms with van der Waals surface area (Å²) in [6.45, 7) is 1.62. The number of aryl methyl sites for hydroxylation is 1. The van der Waals surface area contributed by atoms with Crippen molar-refractivity contribution in [2.75, 3.05) is 0 Å². The molecule has 0 saturated carbocycles. The number of hydrogen-bond donors (Lipinski definition) is 0. The average Bonchev–Trinajstić information content (AvgIpc) is 2.58. The molecular weight excluding hydrogens is 352 g/mol. The second kappa shape index (κ2) is 6.30. The fraction of sp³-hybridized carbons (Fsp3) is 0.118. The molecule has 3 rings (SSSR count). The average molecular weight is 365 g/mol. The summed E-state index contributed by atoms with van der Waals surface area (Å²) in [6, 6.07) is 12.3. The summed E-state index contributed by atoms with van der Waals surface area (Å²) in [5.41, 5.74) is 0.739. The third-order valence-corrected chi connectivity index (χ3v) is 5.11. The topological polar surface area (TPSA) is 73.6 Å². The maximum absolute atomic E-state index is 12.3. The first-order valence-corrected chi connectivity index (χ1v) is 8.98. The minimum atomic E-state index is -3.98. The molecular formula is C17H13ClO5S. The summed E-state index contributed by atoms with van der Waals surface area (Å²) in [7, 11) is -3.98. The first kappa shape index (κ1) is 16.5. The lowest BCUT2D eigenvalue weighted by Crippen LogP contribution is -2.10. The summed E-state index contributed by atoms with van der Waals surface area (Å²) in [6.07, 6.45) is 0. The molecule has 0 aliphatic rings. The molecule has 0 radical (unpaired) electrons. The van der Waals surface area contributed by atoms with Gasteiger partial charge in [-0.1, -0.05) is 18.2 Å². The summed E-state index contributed by atoms with van der Waals surface area (Å²) >= 11 is 5.85. The van der Waals surface area contributed by atoms with E-state index in [1.165, 1.54) is 24.3 Å². The highest BCUT2D eigenvalue weighted by atomic mass is 35.5. The molecule has 0 fully saturated rings. The van der Waals surface area contributed by atoms with Crippen molar-refractivity contribution in [2.45, 2.75) is 17.7 Å². The summed E-state index contributed by atoms with van der Waals surface area (Å²) in [4.78, 5) is 11.7. The van der Waals surface area contributed by atoms with Gasteiger partial charge in [0.1, 0.15) is 16.2 Å². The van der Waals surface area contributed by atoms with Gasteiger partial charge in [-0.15, -0.1) is 11.6 Å². The van der Waals surface area contributed by atoms with Crippen LogP contribution >= 0.6 is 11.6 Å². The zero-order chi connectivity index (χ0) is 17.3. The Morgan fingerprint density at radius 1 is 1.12 bits per heavy atom. The Labute approximate surface area is 143 Å². The summed E-state index contributed by atoms with van der Waals surface area (Å²) < 4.78 is 35.1. The molecule has 24 heavy (non-hydrogen) atoms. The normalized spacial score (nSPS) is 11.6. The van der Waals surface area contributed by atoms with E-state index in [0.29, 0.717) is 16.5 Å². The van der Waals surface area contributed by atoms with Gasteiger partial charge in [0.15, 0.2) is 0 Å². The smallest absolute Gasteiger partial charge is 0.339 e. The van der Waals surface area contributed by atoms with Crippen molar-refractivity contribution in [3.63, 3.8) is 0 Å². The van der Waals surface area contributed by atoms with E-state index in [9.17, 15) is 13.2 Å². The van der Waals surface area contributed by atoms with Gasteiger partial charge >= 0.3 is 15.7 Å². The second-order valence-corrected chi connectivity index (χ2v) is 6.95. The maximum Gasteiger partial charge on any atom is 0.339 e. The van der Waals surface area contributed by atoms with E-state index >= 15 is 0 Å². The number of fused-ring (bicyclic) bond motifs is 1. The highest BCUT2D eigenvalue weighted by Gasteiger charge is 2.19. The number of rotatable bonds is 4. The van der Waals surface area contributed by atoms with Crippen molar-refractivity contribution < 1.29 is 17.0 Å². The van der Waals surface area contributed by atoms with Crippen LogP contribution in [-0.4, -0.2) is 8.42 Å². The molecule has 0 aliphatic heterocycles. The Hall–Kier alpha value is -2.31. The number of hydrogen-bond acceptors (Lipinski definition) is 5. The van der Waals surface area contributed by atoms with E-state index in [-0.39, 0.29) is 22.1 Å². The van der Waals surface area contributed by atoms with E-state index < -0.39 is 15.7 Å². The summed E-state index contributed by atoms with van der Waals surface area (Å²) in [5, 5.41) is 0.645. The van der Waals surface area contributed by atoms with Crippen LogP contribution in [0.2, 0.25) is 0 Å². The van der Waals surface area contributed by atoms with Gasteiger partial charge in [-0.25, -0.2) is 4.79 Å². The van der Waals surface area contributed by atoms with Gasteiger partial charge in [-0.05, 0) is 36.8 Å². The van der Waals surface area contributed by atoms with Crippen molar-refractivity contribution in [3.8, 4) is 5.75 Å². The Morgan fingerprint density at radius 3 is 2.50 bits per heavy atom. The van der Waals surface area contributed by atoms with Crippen LogP contribution in [0.3, 0.4) is 0 Å². The lowest BCUT2D eigenvalue weighted by atomic mass is 10.1. The van der Waals surface area contributed by atoms with Gasteiger partial charge in [0.05, 0.1) is 0 Å². The quantitative estimate of drug-likeness (QED) is 0.401. The van der Waals surface area contributed by atoms with Crippen LogP contribution in [0.15, 0.2) is 62.6 Å². The second-order valence-electron chi connectivity index (χ2n) is 5.14. The minimum absolute atomic E-state index is 0.0421.